The van der Waals surface area contributed by atoms with Crippen molar-refractivity contribution in [1.29, 1.82) is 0 Å². The van der Waals surface area contributed by atoms with Gasteiger partial charge in [0.05, 0.1) is 13.0 Å². The fourth-order valence-electron chi connectivity index (χ4n) is 2.43. The fourth-order valence-corrected chi connectivity index (χ4v) is 2.63. The maximum absolute atomic E-state index is 11.7. The standard InChI is InChI=1S/C20H22ClNO4/c21-17-8-9-18(26-12-4-7-15-5-2-1-3-6-15)16(13-17)14-22-19(23)10-11-20(24)25/h1-3,5-6,8-9,13H,4,7,10-12,14H2,(H,22,23)(H,24,25). The highest BCUT2D eigenvalue weighted by molar-refractivity contribution is 6.30. The van der Waals surface area contributed by atoms with E-state index < -0.39 is 5.97 Å². The number of halogens is 1. The van der Waals surface area contributed by atoms with E-state index in [0.717, 1.165) is 18.4 Å². The van der Waals surface area contributed by atoms with Gasteiger partial charge in [-0.3, -0.25) is 9.59 Å². The fraction of sp³-hybridized carbons (Fsp3) is 0.300. The number of carboxylic acid groups (broad SMARTS) is 1. The maximum atomic E-state index is 11.7. The molecule has 1 amide bonds. The molecule has 0 spiro atoms. The zero-order valence-electron chi connectivity index (χ0n) is 14.4. The average Bonchev–Trinajstić information content (AvgIpc) is 2.64. The molecule has 0 unspecified atom stereocenters. The van der Waals surface area contributed by atoms with Crippen LogP contribution in [-0.2, 0) is 22.6 Å². The van der Waals surface area contributed by atoms with Crippen molar-refractivity contribution >= 4 is 23.5 Å². The molecule has 2 aromatic rings. The van der Waals surface area contributed by atoms with Crippen molar-refractivity contribution in [3.63, 3.8) is 0 Å². The number of carbonyl (C=O) groups is 2. The van der Waals surface area contributed by atoms with Crippen LogP contribution in [-0.4, -0.2) is 23.6 Å². The van der Waals surface area contributed by atoms with Crippen LogP contribution >= 0.6 is 11.6 Å². The van der Waals surface area contributed by atoms with Crippen molar-refractivity contribution in [1.82, 2.24) is 5.32 Å². The number of amides is 1. The highest BCUT2D eigenvalue weighted by atomic mass is 35.5. The van der Waals surface area contributed by atoms with Crippen molar-refractivity contribution in [3.05, 3.63) is 64.7 Å². The van der Waals surface area contributed by atoms with E-state index in [2.05, 4.69) is 17.4 Å². The number of carbonyl (C=O) groups excluding carboxylic acids is 1. The van der Waals surface area contributed by atoms with Crippen molar-refractivity contribution < 1.29 is 19.4 Å². The molecule has 0 radical (unpaired) electrons. The lowest BCUT2D eigenvalue weighted by Gasteiger charge is -2.13. The lowest BCUT2D eigenvalue weighted by Crippen LogP contribution is -2.23. The van der Waals surface area contributed by atoms with E-state index in [0.29, 0.717) is 17.4 Å². The van der Waals surface area contributed by atoms with E-state index in [-0.39, 0.29) is 25.3 Å². The number of nitrogens with one attached hydrogen (secondary N) is 1. The molecule has 0 bridgehead atoms. The summed E-state index contributed by atoms with van der Waals surface area (Å²) < 4.78 is 5.84. The predicted molar refractivity (Wildman–Crippen MR) is 100 cm³/mol. The van der Waals surface area contributed by atoms with Gasteiger partial charge in [-0.15, -0.1) is 0 Å². The summed E-state index contributed by atoms with van der Waals surface area (Å²) in [6.07, 6.45) is 1.56. The van der Waals surface area contributed by atoms with Crippen molar-refractivity contribution in [3.8, 4) is 5.75 Å². The molecule has 0 atom stereocenters. The van der Waals surface area contributed by atoms with Crippen LogP contribution in [0, 0.1) is 0 Å². The second-order valence-corrected chi connectivity index (χ2v) is 6.30. The lowest BCUT2D eigenvalue weighted by atomic mass is 10.1. The zero-order chi connectivity index (χ0) is 18.8. The number of benzene rings is 2. The van der Waals surface area contributed by atoms with Gasteiger partial charge in [-0.1, -0.05) is 41.9 Å². The summed E-state index contributed by atoms with van der Waals surface area (Å²) in [4.78, 5) is 22.2. The highest BCUT2D eigenvalue weighted by Gasteiger charge is 2.09. The summed E-state index contributed by atoms with van der Waals surface area (Å²) in [5.41, 5.74) is 2.03. The first kappa shape index (κ1) is 19.8. The van der Waals surface area contributed by atoms with Gasteiger partial charge in [0, 0.05) is 23.6 Å². The van der Waals surface area contributed by atoms with E-state index in [1.807, 2.05) is 18.2 Å². The number of aliphatic carboxylic acids is 1. The van der Waals surface area contributed by atoms with Crippen LogP contribution in [0.5, 0.6) is 5.75 Å². The molecule has 0 aliphatic heterocycles. The molecule has 0 aromatic heterocycles. The molecular weight excluding hydrogens is 354 g/mol. The van der Waals surface area contributed by atoms with Crippen molar-refractivity contribution in [2.75, 3.05) is 6.61 Å². The molecule has 0 fully saturated rings. The van der Waals surface area contributed by atoms with Gasteiger partial charge in [-0.2, -0.15) is 0 Å². The minimum absolute atomic E-state index is 0.0524. The quantitative estimate of drug-likeness (QED) is 0.619. The van der Waals surface area contributed by atoms with Gasteiger partial charge in [-0.05, 0) is 36.6 Å². The first-order valence-electron chi connectivity index (χ1n) is 8.48. The lowest BCUT2D eigenvalue weighted by molar-refractivity contribution is -0.138. The highest BCUT2D eigenvalue weighted by Crippen LogP contribution is 2.23. The zero-order valence-corrected chi connectivity index (χ0v) is 15.2. The Morgan fingerprint density at radius 1 is 1.08 bits per heavy atom. The second kappa shape index (κ2) is 10.5. The summed E-state index contributed by atoms with van der Waals surface area (Å²) in [5.74, 6) is -0.645. The molecule has 0 aliphatic carbocycles. The molecule has 2 N–H and O–H groups in total. The number of ether oxygens (including phenoxy) is 1. The summed E-state index contributed by atoms with van der Waals surface area (Å²) >= 11 is 6.03. The van der Waals surface area contributed by atoms with E-state index in [1.54, 1.807) is 18.2 Å². The molecule has 0 aliphatic rings. The second-order valence-electron chi connectivity index (χ2n) is 5.86. The third-order valence-electron chi connectivity index (χ3n) is 3.77. The van der Waals surface area contributed by atoms with Crippen molar-refractivity contribution in [2.45, 2.75) is 32.2 Å². The first-order valence-corrected chi connectivity index (χ1v) is 8.86. The summed E-state index contributed by atoms with van der Waals surface area (Å²) in [7, 11) is 0. The number of rotatable bonds is 10. The number of aryl methyl sites for hydroxylation is 1. The van der Waals surface area contributed by atoms with Gasteiger partial charge < -0.3 is 15.2 Å². The van der Waals surface area contributed by atoms with Gasteiger partial charge in [0.1, 0.15) is 5.75 Å². The Labute approximate surface area is 157 Å². The molecule has 5 nitrogen and oxygen atoms in total. The molecule has 6 heteroatoms. The summed E-state index contributed by atoms with van der Waals surface area (Å²) in [6, 6.07) is 15.4. The van der Waals surface area contributed by atoms with Crippen molar-refractivity contribution in [2.24, 2.45) is 0 Å². The number of hydrogen-bond donors (Lipinski definition) is 2. The smallest absolute Gasteiger partial charge is 0.303 e. The Kier molecular flexibility index (Phi) is 7.96. The first-order chi connectivity index (χ1) is 12.5. The summed E-state index contributed by atoms with van der Waals surface area (Å²) in [6.45, 7) is 0.795. The minimum atomic E-state index is -0.995. The molecular formula is C20H22ClNO4. The Hall–Kier alpha value is -2.53. The molecule has 26 heavy (non-hydrogen) atoms. The molecule has 2 aromatic carbocycles. The maximum Gasteiger partial charge on any atom is 0.303 e. The Morgan fingerprint density at radius 3 is 2.58 bits per heavy atom. The predicted octanol–water partition coefficient (Wildman–Crippen LogP) is 3.83. The monoisotopic (exact) mass is 375 g/mol. The Morgan fingerprint density at radius 2 is 1.85 bits per heavy atom. The third-order valence-corrected chi connectivity index (χ3v) is 4.01. The van der Waals surface area contributed by atoms with Crippen LogP contribution in [0.1, 0.15) is 30.4 Å². The molecule has 0 heterocycles. The van der Waals surface area contributed by atoms with Crippen LogP contribution in [0.25, 0.3) is 0 Å². The minimum Gasteiger partial charge on any atom is -0.493 e. The van der Waals surface area contributed by atoms with Gasteiger partial charge >= 0.3 is 5.97 Å². The van der Waals surface area contributed by atoms with Crippen LogP contribution in [0.2, 0.25) is 5.02 Å². The van der Waals surface area contributed by atoms with Crippen LogP contribution < -0.4 is 10.1 Å². The van der Waals surface area contributed by atoms with Crippen LogP contribution in [0.15, 0.2) is 48.5 Å². The Bertz CT molecular complexity index is 734. The average molecular weight is 376 g/mol. The Balaban J connectivity index is 1.84. The van der Waals surface area contributed by atoms with E-state index >= 15 is 0 Å². The molecule has 2 rings (SSSR count). The van der Waals surface area contributed by atoms with E-state index in [4.69, 9.17) is 21.4 Å². The molecule has 138 valence electrons. The molecule has 0 saturated heterocycles. The molecule has 0 saturated carbocycles. The number of hydrogen-bond acceptors (Lipinski definition) is 3. The van der Waals surface area contributed by atoms with E-state index in [1.165, 1.54) is 5.56 Å². The van der Waals surface area contributed by atoms with Gasteiger partial charge in [0.15, 0.2) is 0 Å². The van der Waals surface area contributed by atoms with Gasteiger partial charge in [-0.25, -0.2) is 0 Å². The van der Waals surface area contributed by atoms with Crippen LogP contribution in [0.3, 0.4) is 0 Å². The SMILES string of the molecule is O=C(O)CCC(=O)NCc1cc(Cl)ccc1OCCCc1ccccc1. The normalized spacial score (nSPS) is 10.3. The topological polar surface area (TPSA) is 75.6 Å². The largest absolute Gasteiger partial charge is 0.493 e. The van der Waals surface area contributed by atoms with Gasteiger partial charge in [0.2, 0.25) is 5.91 Å². The van der Waals surface area contributed by atoms with Gasteiger partial charge in [0.25, 0.3) is 0 Å². The number of carboxylic acids is 1. The van der Waals surface area contributed by atoms with Crippen LogP contribution in [0.4, 0.5) is 0 Å². The van der Waals surface area contributed by atoms with E-state index in [9.17, 15) is 9.59 Å². The summed E-state index contributed by atoms with van der Waals surface area (Å²) in [5, 5.41) is 11.9. The third kappa shape index (κ3) is 7.15.